The molecule has 25 heavy (non-hydrogen) atoms. The topological polar surface area (TPSA) is 66.4 Å². The summed E-state index contributed by atoms with van der Waals surface area (Å²) in [5, 5.41) is 4.10. The van der Waals surface area contributed by atoms with Crippen LogP contribution < -0.4 is 4.90 Å². The van der Waals surface area contributed by atoms with Crippen molar-refractivity contribution in [3.63, 3.8) is 0 Å². The van der Waals surface area contributed by atoms with E-state index in [1.54, 1.807) is 29.0 Å². The summed E-state index contributed by atoms with van der Waals surface area (Å²) in [4.78, 5) is 14.4. The van der Waals surface area contributed by atoms with Crippen molar-refractivity contribution in [3.05, 3.63) is 41.9 Å². The van der Waals surface area contributed by atoms with Crippen molar-refractivity contribution in [2.75, 3.05) is 31.1 Å². The number of aromatic nitrogens is 2. The number of nitrogens with zero attached hydrogens (tertiary/aromatic N) is 4. The molecule has 4 heterocycles. The molecule has 0 N–H and O–H groups in total. The van der Waals surface area contributed by atoms with Crippen LogP contribution in [0.15, 0.2) is 41.9 Å². The van der Waals surface area contributed by atoms with E-state index < -0.39 is 10.0 Å². The maximum absolute atomic E-state index is 11.9. The highest BCUT2D eigenvalue weighted by atomic mass is 32.2. The number of thiophene rings is 2. The van der Waals surface area contributed by atoms with Crippen LogP contribution in [-0.4, -0.2) is 48.9 Å². The van der Waals surface area contributed by atoms with Crippen molar-refractivity contribution < 1.29 is 8.42 Å². The number of piperazine rings is 1. The lowest BCUT2D eigenvalue weighted by atomic mass is 10.2. The Morgan fingerprint density at radius 1 is 1.16 bits per heavy atom. The third-order valence-electron chi connectivity index (χ3n) is 4.18. The van der Waals surface area contributed by atoms with Crippen LogP contribution in [0.25, 0.3) is 20.0 Å². The van der Waals surface area contributed by atoms with Crippen LogP contribution in [-0.2, 0) is 10.0 Å². The van der Waals surface area contributed by atoms with Crippen LogP contribution in [0.1, 0.15) is 0 Å². The highest BCUT2D eigenvalue weighted by Gasteiger charge is 2.26. The fourth-order valence-electron chi connectivity index (χ4n) is 2.90. The number of rotatable bonds is 4. The van der Waals surface area contributed by atoms with Gasteiger partial charge >= 0.3 is 0 Å². The quantitative estimate of drug-likeness (QED) is 0.683. The van der Waals surface area contributed by atoms with Crippen molar-refractivity contribution >= 4 is 48.7 Å². The number of sulfonamides is 1. The van der Waals surface area contributed by atoms with Gasteiger partial charge in [0, 0.05) is 41.3 Å². The molecule has 1 fully saturated rings. The predicted octanol–water partition coefficient (Wildman–Crippen LogP) is 3.02. The first-order valence-corrected chi connectivity index (χ1v) is 10.9. The summed E-state index contributed by atoms with van der Waals surface area (Å²) < 4.78 is 25.3. The van der Waals surface area contributed by atoms with E-state index in [1.807, 2.05) is 6.07 Å². The van der Waals surface area contributed by atoms with Crippen molar-refractivity contribution in [2.24, 2.45) is 0 Å². The van der Waals surface area contributed by atoms with Crippen molar-refractivity contribution in [3.8, 4) is 9.75 Å². The normalized spacial score (nSPS) is 16.4. The highest BCUT2D eigenvalue weighted by Crippen LogP contribution is 2.38. The number of fused-ring (bicyclic) bond motifs is 1. The van der Waals surface area contributed by atoms with Gasteiger partial charge in [-0.05, 0) is 17.5 Å². The molecular formula is C16H16N4O2S3. The fourth-order valence-corrected chi connectivity index (χ4v) is 5.60. The van der Waals surface area contributed by atoms with E-state index >= 15 is 0 Å². The van der Waals surface area contributed by atoms with Crippen LogP contribution in [0, 0.1) is 0 Å². The number of hydrogen-bond acceptors (Lipinski definition) is 7. The van der Waals surface area contributed by atoms with Gasteiger partial charge in [-0.2, -0.15) is 4.31 Å². The Kier molecular flexibility index (Phi) is 4.32. The van der Waals surface area contributed by atoms with Gasteiger partial charge in [-0.1, -0.05) is 12.6 Å². The second-order valence-electron chi connectivity index (χ2n) is 5.60. The molecule has 0 bridgehead atoms. The zero-order chi connectivity index (χ0) is 17.4. The Bertz CT molecular complexity index is 1000. The van der Waals surface area contributed by atoms with E-state index in [4.69, 9.17) is 0 Å². The summed E-state index contributed by atoms with van der Waals surface area (Å²) >= 11 is 3.36. The third kappa shape index (κ3) is 3.08. The zero-order valence-electron chi connectivity index (χ0n) is 13.3. The first-order chi connectivity index (χ1) is 12.1. The molecule has 1 saturated heterocycles. The maximum Gasteiger partial charge on any atom is 0.235 e. The lowest BCUT2D eigenvalue weighted by Crippen LogP contribution is -2.48. The van der Waals surface area contributed by atoms with Crippen LogP contribution in [0.4, 0.5) is 5.82 Å². The second-order valence-corrected chi connectivity index (χ2v) is 9.46. The SMILES string of the molecule is C=CS(=O)(=O)N1CCN(c2ncnc3sc(-c4cccs4)cc23)CC1. The summed E-state index contributed by atoms with van der Waals surface area (Å²) in [6, 6.07) is 6.27. The molecule has 0 amide bonds. The van der Waals surface area contributed by atoms with Gasteiger partial charge in [-0.3, -0.25) is 0 Å². The molecule has 0 spiro atoms. The molecule has 1 aliphatic heterocycles. The average molecular weight is 393 g/mol. The molecule has 3 aromatic heterocycles. The summed E-state index contributed by atoms with van der Waals surface area (Å²) in [5.41, 5.74) is 0. The molecule has 9 heteroatoms. The fraction of sp³-hybridized carbons (Fsp3) is 0.250. The lowest BCUT2D eigenvalue weighted by Gasteiger charge is -2.34. The second kappa shape index (κ2) is 6.49. The molecule has 1 aliphatic rings. The Hall–Kier alpha value is -1.81. The van der Waals surface area contributed by atoms with E-state index in [0.29, 0.717) is 26.2 Å². The molecule has 0 aromatic carbocycles. The van der Waals surface area contributed by atoms with Crippen molar-refractivity contribution in [1.82, 2.24) is 14.3 Å². The first-order valence-electron chi connectivity index (χ1n) is 7.74. The van der Waals surface area contributed by atoms with Crippen molar-refractivity contribution in [2.45, 2.75) is 0 Å². The molecule has 0 atom stereocenters. The van der Waals surface area contributed by atoms with E-state index in [2.05, 4.69) is 39.0 Å². The van der Waals surface area contributed by atoms with E-state index in [0.717, 1.165) is 21.4 Å². The first kappa shape index (κ1) is 16.6. The van der Waals surface area contributed by atoms with E-state index in [1.165, 1.54) is 14.1 Å². The highest BCUT2D eigenvalue weighted by molar-refractivity contribution is 7.92. The molecule has 0 saturated carbocycles. The summed E-state index contributed by atoms with van der Waals surface area (Å²) in [7, 11) is -3.35. The Labute approximate surface area is 154 Å². The minimum absolute atomic E-state index is 0.432. The maximum atomic E-state index is 11.9. The summed E-state index contributed by atoms with van der Waals surface area (Å²) in [6.07, 6.45) is 1.58. The van der Waals surface area contributed by atoms with Gasteiger partial charge < -0.3 is 4.90 Å². The van der Waals surface area contributed by atoms with Gasteiger partial charge in [-0.15, -0.1) is 22.7 Å². The molecule has 3 aromatic rings. The monoisotopic (exact) mass is 392 g/mol. The minimum Gasteiger partial charge on any atom is -0.353 e. The molecule has 0 unspecified atom stereocenters. The van der Waals surface area contributed by atoms with Crippen LogP contribution >= 0.6 is 22.7 Å². The van der Waals surface area contributed by atoms with Gasteiger partial charge in [0.15, 0.2) is 0 Å². The van der Waals surface area contributed by atoms with E-state index in [9.17, 15) is 8.42 Å². The van der Waals surface area contributed by atoms with Gasteiger partial charge in [0.1, 0.15) is 17.0 Å². The molecule has 0 radical (unpaired) electrons. The molecule has 130 valence electrons. The van der Waals surface area contributed by atoms with Crippen LogP contribution in [0.3, 0.4) is 0 Å². The molecule has 6 nitrogen and oxygen atoms in total. The van der Waals surface area contributed by atoms with Crippen molar-refractivity contribution in [1.29, 1.82) is 0 Å². The summed E-state index contributed by atoms with van der Waals surface area (Å²) in [6.45, 7) is 5.46. The van der Waals surface area contributed by atoms with Gasteiger partial charge in [0.2, 0.25) is 10.0 Å². The predicted molar refractivity (Wildman–Crippen MR) is 104 cm³/mol. The Balaban J connectivity index is 1.63. The Morgan fingerprint density at radius 3 is 2.64 bits per heavy atom. The largest absolute Gasteiger partial charge is 0.353 e. The zero-order valence-corrected chi connectivity index (χ0v) is 15.8. The van der Waals surface area contributed by atoms with Crippen LogP contribution in [0.5, 0.6) is 0 Å². The van der Waals surface area contributed by atoms with Crippen LogP contribution in [0.2, 0.25) is 0 Å². The Morgan fingerprint density at radius 2 is 1.96 bits per heavy atom. The third-order valence-corrected chi connectivity index (χ3v) is 7.80. The number of hydrogen-bond donors (Lipinski definition) is 0. The van der Waals surface area contributed by atoms with E-state index in [-0.39, 0.29) is 0 Å². The molecular weight excluding hydrogens is 376 g/mol. The van der Waals surface area contributed by atoms with Gasteiger partial charge in [0.05, 0.1) is 5.39 Å². The standard InChI is InChI=1S/C16H16N4O2S3/c1-2-25(21,22)20-7-5-19(6-8-20)15-12-10-14(13-4-3-9-23-13)24-16(12)18-11-17-15/h2-4,9-11H,1,5-8H2. The van der Waals surface area contributed by atoms with Gasteiger partial charge in [-0.25, -0.2) is 18.4 Å². The lowest BCUT2D eigenvalue weighted by molar-refractivity contribution is 0.389. The van der Waals surface area contributed by atoms with Gasteiger partial charge in [0.25, 0.3) is 0 Å². The molecule has 4 rings (SSSR count). The molecule has 0 aliphatic carbocycles. The number of anilines is 1. The average Bonchev–Trinajstić information content (AvgIpc) is 3.30. The smallest absolute Gasteiger partial charge is 0.235 e. The summed E-state index contributed by atoms with van der Waals surface area (Å²) in [5.74, 6) is 0.875. The minimum atomic E-state index is -3.35.